The Bertz CT molecular complexity index is 1150. The van der Waals surface area contributed by atoms with E-state index < -0.39 is 0 Å². The predicted molar refractivity (Wildman–Crippen MR) is 89.2 cm³/mol. The van der Waals surface area contributed by atoms with Crippen LogP contribution in [-0.2, 0) is 0 Å². The first-order valence-electron chi connectivity index (χ1n) is 7.04. The molecule has 5 aromatic rings. The van der Waals surface area contributed by atoms with Gasteiger partial charge in [0.1, 0.15) is 30.2 Å². The van der Waals surface area contributed by atoms with E-state index in [-0.39, 0.29) is 0 Å². The average molecular weight is 270 g/mol. The third-order valence-corrected chi connectivity index (χ3v) is 4.13. The Labute approximate surface area is 121 Å². The quantitative estimate of drug-likeness (QED) is 0.401. The number of rotatable bonds is 0. The molecule has 0 atom stereocenters. The maximum absolute atomic E-state index is 6.13. The van der Waals surface area contributed by atoms with Crippen LogP contribution < -0.4 is 5.46 Å². The molecule has 0 N–H and O–H groups in total. The van der Waals surface area contributed by atoms with Crippen molar-refractivity contribution in [3.8, 4) is 0 Å². The molecule has 0 saturated carbocycles. The Kier molecular flexibility index (Phi) is 1.94. The minimum atomic E-state index is 0.875. The maximum Gasteiger partial charge on any atom is 0.147 e. The number of furan rings is 2. The lowest BCUT2D eigenvalue weighted by atomic mass is 9.94. The van der Waals surface area contributed by atoms with Gasteiger partial charge in [-0.05, 0) is 24.3 Å². The summed E-state index contributed by atoms with van der Waals surface area (Å²) in [5.41, 5.74) is 4.85. The molecule has 0 saturated heterocycles. The summed E-state index contributed by atoms with van der Waals surface area (Å²) in [6.45, 7) is 0. The highest BCUT2D eigenvalue weighted by Gasteiger charge is 2.15. The normalized spacial score (nSPS) is 12.0. The Morgan fingerprint density at radius 3 is 2.43 bits per heavy atom. The van der Waals surface area contributed by atoms with E-state index in [0.717, 1.165) is 43.9 Å². The third kappa shape index (κ3) is 1.38. The Balaban J connectivity index is 2.10. The lowest BCUT2D eigenvalue weighted by Crippen LogP contribution is -1.98. The van der Waals surface area contributed by atoms with Crippen LogP contribution in [0.25, 0.3) is 43.9 Å². The van der Waals surface area contributed by atoms with E-state index in [1.165, 1.54) is 5.46 Å². The molecule has 0 aliphatic heterocycles. The molecular weight excluding hydrogens is 259 g/mol. The second-order valence-electron chi connectivity index (χ2n) is 5.52. The summed E-state index contributed by atoms with van der Waals surface area (Å²) in [6, 6.07) is 18.5. The minimum Gasteiger partial charge on any atom is -0.456 e. The molecule has 0 aliphatic carbocycles. The van der Waals surface area contributed by atoms with Gasteiger partial charge in [-0.25, -0.2) is 0 Å². The summed E-state index contributed by atoms with van der Waals surface area (Å²) < 4.78 is 12.0. The van der Waals surface area contributed by atoms with Gasteiger partial charge in [0.05, 0.1) is 5.39 Å². The number of para-hydroxylation sites is 1. The highest BCUT2D eigenvalue weighted by atomic mass is 16.3. The second-order valence-corrected chi connectivity index (χ2v) is 5.52. The molecular formula is C18H11BO2. The summed E-state index contributed by atoms with van der Waals surface area (Å²) in [5, 5.41) is 4.48. The van der Waals surface area contributed by atoms with Crippen LogP contribution in [0.1, 0.15) is 0 Å². The molecule has 3 aromatic carbocycles. The minimum absolute atomic E-state index is 0.875. The summed E-state index contributed by atoms with van der Waals surface area (Å²) in [6.07, 6.45) is 0. The average Bonchev–Trinajstić information content (AvgIpc) is 3.04. The zero-order chi connectivity index (χ0) is 14.0. The van der Waals surface area contributed by atoms with Crippen molar-refractivity contribution in [1.29, 1.82) is 0 Å². The molecule has 2 aromatic heterocycles. The van der Waals surface area contributed by atoms with Crippen molar-refractivity contribution >= 4 is 57.2 Å². The van der Waals surface area contributed by atoms with E-state index in [0.29, 0.717) is 0 Å². The van der Waals surface area contributed by atoms with Gasteiger partial charge in [0, 0.05) is 16.2 Å². The zero-order valence-corrected chi connectivity index (χ0v) is 11.5. The van der Waals surface area contributed by atoms with Crippen molar-refractivity contribution < 1.29 is 8.83 Å². The lowest BCUT2D eigenvalue weighted by molar-refractivity contribution is 0.663. The predicted octanol–water partition coefficient (Wildman–Crippen LogP) is 3.74. The molecule has 2 nitrogen and oxygen atoms in total. The summed E-state index contributed by atoms with van der Waals surface area (Å²) in [4.78, 5) is 0. The molecule has 0 bridgehead atoms. The molecule has 2 heterocycles. The van der Waals surface area contributed by atoms with Gasteiger partial charge in [0.15, 0.2) is 0 Å². The molecule has 0 amide bonds. The molecule has 0 unspecified atom stereocenters. The fraction of sp³-hybridized carbons (Fsp3) is 0. The summed E-state index contributed by atoms with van der Waals surface area (Å²) >= 11 is 0. The van der Waals surface area contributed by atoms with Crippen LogP contribution in [0.5, 0.6) is 0 Å². The van der Waals surface area contributed by atoms with Gasteiger partial charge >= 0.3 is 0 Å². The fourth-order valence-corrected chi connectivity index (χ4v) is 3.16. The SMILES string of the molecule is Bc1ccc2oc3c(ccc4oc5ccccc5c43)c2c1. The Morgan fingerprint density at radius 2 is 1.48 bits per heavy atom. The number of benzene rings is 3. The van der Waals surface area contributed by atoms with Gasteiger partial charge in [0.25, 0.3) is 0 Å². The van der Waals surface area contributed by atoms with E-state index in [4.69, 9.17) is 8.83 Å². The first-order chi connectivity index (χ1) is 10.3. The van der Waals surface area contributed by atoms with Crippen molar-refractivity contribution in [1.82, 2.24) is 0 Å². The summed E-state index contributed by atoms with van der Waals surface area (Å²) in [5.74, 6) is 0. The number of hydrogen-bond acceptors (Lipinski definition) is 2. The van der Waals surface area contributed by atoms with Crippen LogP contribution in [0.3, 0.4) is 0 Å². The smallest absolute Gasteiger partial charge is 0.147 e. The standard InChI is InChI=1S/C18H11BO2/c19-10-5-7-15-13(9-10)11-6-8-16-17(18(11)21-15)12-3-1-2-4-14(12)20-16/h1-9H,19H2. The Morgan fingerprint density at radius 1 is 0.667 bits per heavy atom. The van der Waals surface area contributed by atoms with Crippen molar-refractivity contribution in [2.75, 3.05) is 0 Å². The van der Waals surface area contributed by atoms with Crippen LogP contribution in [0.2, 0.25) is 0 Å². The monoisotopic (exact) mass is 270 g/mol. The van der Waals surface area contributed by atoms with E-state index in [9.17, 15) is 0 Å². The molecule has 0 spiro atoms. The van der Waals surface area contributed by atoms with Crippen molar-refractivity contribution in [3.63, 3.8) is 0 Å². The first-order valence-corrected chi connectivity index (χ1v) is 7.04. The molecule has 0 radical (unpaired) electrons. The van der Waals surface area contributed by atoms with Gasteiger partial charge in [-0.3, -0.25) is 0 Å². The van der Waals surface area contributed by atoms with Crippen molar-refractivity contribution in [2.24, 2.45) is 0 Å². The molecule has 0 aliphatic rings. The zero-order valence-electron chi connectivity index (χ0n) is 11.5. The maximum atomic E-state index is 6.13. The van der Waals surface area contributed by atoms with E-state index in [2.05, 4.69) is 32.1 Å². The van der Waals surface area contributed by atoms with Crippen molar-refractivity contribution in [2.45, 2.75) is 0 Å². The molecule has 0 fully saturated rings. The van der Waals surface area contributed by atoms with Gasteiger partial charge in [-0.1, -0.05) is 35.8 Å². The van der Waals surface area contributed by atoms with Gasteiger partial charge < -0.3 is 8.83 Å². The lowest BCUT2D eigenvalue weighted by Gasteiger charge is -1.92. The number of hydrogen-bond donors (Lipinski definition) is 0. The second kappa shape index (κ2) is 3.70. The molecule has 98 valence electrons. The topological polar surface area (TPSA) is 26.3 Å². The van der Waals surface area contributed by atoms with Gasteiger partial charge in [-0.2, -0.15) is 0 Å². The van der Waals surface area contributed by atoms with E-state index >= 15 is 0 Å². The molecule has 5 rings (SSSR count). The fourth-order valence-electron chi connectivity index (χ4n) is 3.16. The highest BCUT2D eigenvalue weighted by molar-refractivity contribution is 6.34. The van der Waals surface area contributed by atoms with Crippen LogP contribution in [0, 0.1) is 0 Å². The molecule has 3 heteroatoms. The van der Waals surface area contributed by atoms with Crippen molar-refractivity contribution in [3.05, 3.63) is 54.6 Å². The third-order valence-electron chi connectivity index (χ3n) is 4.13. The van der Waals surface area contributed by atoms with Crippen LogP contribution in [0.15, 0.2) is 63.4 Å². The summed E-state index contributed by atoms with van der Waals surface area (Å²) in [7, 11) is 2.10. The van der Waals surface area contributed by atoms with Gasteiger partial charge in [-0.15, -0.1) is 0 Å². The first kappa shape index (κ1) is 11.0. The van der Waals surface area contributed by atoms with Crippen LogP contribution in [0.4, 0.5) is 0 Å². The number of fused-ring (bicyclic) bond motifs is 7. The Hall–Kier alpha value is -2.68. The largest absolute Gasteiger partial charge is 0.456 e. The van der Waals surface area contributed by atoms with E-state index in [1.807, 2.05) is 30.3 Å². The highest BCUT2D eigenvalue weighted by Crippen LogP contribution is 2.38. The van der Waals surface area contributed by atoms with E-state index in [1.54, 1.807) is 0 Å². The van der Waals surface area contributed by atoms with Crippen LogP contribution >= 0.6 is 0 Å². The van der Waals surface area contributed by atoms with Crippen LogP contribution in [-0.4, -0.2) is 7.85 Å². The molecule has 21 heavy (non-hydrogen) atoms. The van der Waals surface area contributed by atoms with Gasteiger partial charge in [0.2, 0.25) is 0 Å².